The zero-order valence-electron chi connectivity index (χ0n) is 16.1. The molecule has 9 nitrogen and oxygen atoms in total. The van der Waals surface area contributed by atoms with Crippen LogP contribution in [-0.2, 0) is 19.5 Å². The van der Waals surface area contributed by atoms with Crippen molar-refractivity contribution in [3.63, 3.8) is 0 Å². The Morgan fingerprint density at radius 3 is 3.03 bits per heavy atom. The van der Waals surface area contributed by atoms with Gasteiger partial charge in [0.1, 0.15) is 23.3 Å². The van der Waals surface area contributed by atoms with Crippen molar-refractivity contribution in [3.8, 4) is 0 Å². The molecule has 0 unspecified atom stereocenters. The molecule has 0 atom stereocenters. The highest BCUT2D eigenvalue weighted by atomic mass is 16.5. The Hall–Kier alpha value is -3.49. The molecule has 0 aliphatic carbocycles. The number of fused-ring (bicyclic) bond motifs is 3. The number of nitrogens with zero attached hydrogens (tertiary/aromatic N) is 8. The van der Waals surface area contributed by atoms with Crippen molar-refractivity contribution in [2.45, 2.75) is 32.9 Å². The SMILES string of the molecule is Cc1noc2ncnc(N3CCc4ncc(N5CCCn6nccc65)cc4C3)c12. The summed E-state index contributed by atoms with van der Waals surface area (Å²) in [5.74, 6) is 2.00. The highest BCUT2D eigenvalue weighted by Gasteiger charge is 2.25. The zero-order valence-corrected chi connectivity index (χ0v) is 16.1. The predicted octanol–water partition coefficient (Wildman–Crippen LogP) is 2.62. The van der Waals surface area contributed by atoms with Crippen LogP contribution in [0.4, 0.5) is 17.3 Å². The maximum absolute atomic E-state index is 5.32. The number of hydrogen-bond donors (Lipinski definition) is 0. The van der Waals surface area contributed by atoms with E-state index in [1.807, 2.05) is 19.3 Å². The Morgan fingerprint density at radius 1 is 1.10 bits per heavy atom. The number of pyridine rings is 1. The minimum atomic E-state index is 0.534. The topological polar surface area (TPSA) is 89.0 Å². The second kappa shape index (κ2) is 6.26. The molecular formula is C20H20N8O. The van der Waals surface area contributed by atoms with Crippen LogP contribution in [0.5, 0.6) is 0 Å². The lowest BCUT2D eigenvalue weighted by atomic mass is 10.0. The highest BCUT2D eigenvalue weighted by molar-refractivity contribution is 5.88. The van der Waals surface area contributed by atoms with Crippen LogP contribution in [-0.4, -0.2) is 43.0 Å². The molecule has 2 aliphatic heterocycles. The molecule has 0 fully saturated rings. The van der Waals surface area contributed by atoms with Gasteiger partial charge in [0.15, 0.2) is 0 Å². The van der Waals surface area contributed by atoms with Gasteiger partial charge < -0.3 is 14.3 Å². The van der Waals surface area contributed by atoms with Gasteiger partial charge in [0.25, 0.3) is 5.71 Å². The summed E-state index contributed by atoms with van der Waals surface area (Å²) >= 11 is 0. The van der Waals surface area contributed by atoms with Gasteiger partial charge in [0.05, 0.1) is 23.8 Å². The first kappa shape index (κ1) is 16.5. The van der Waals surface area contributed by atoms with Gasteiger partial charge in [0.2, 0.25) is 0 Å². The molecule has 6 heterocycles. The number of rotatable bonds is 2. The quantitative estimate of drug-likeness (QED) is 0.518. The Bertz CT molecular complexity index is 1210. The average molecular weight is 388 g/mol. The van der Waals surface area contributed by atoms with E-state index in [-0.39, 0.29) is 0 Å². The molecule has 0 N–H and O–H groups in total. The Balaban J connectivity index is 1.36. The van der Waals surface area contributed by atoms with Crippen molar-refractivity contribution in [3.05, 3.63) is 47.8 Å². The third kappa shape index (κ3) is 2.57. The van der Waals surface area contributed by atoms with Crippen LogP contribution in [0.1, 0.15) is 23.4 Å². The van der Waals surface area contributed by atoms with Crippen molar-refractivity contribution < 1.29 is 4.52 Å². The van der Waals surface area contributed by atoms with E-state index in [1.54, 1.807) is 6.33 Å². The van der Waals surface area contributed by atoms with Gasteiger partial charge in [-0.05, 0) is 25.0 Å². The average Bonchev–Trinajstić information content (AvgIpc) is 3.39. The fraction of sp³-hybridized carbons (Fsp3) is 0.350. The largest absolute Gasteiger partial charge is 0.351 e. The van der Waals surface area contributed by atoms with Gasteiger partial charge in [-0.15, -0.1) is 0 Å². The van der Waals surface area contributed by atoms with Crippen molar-refractivity contribution in [2.75, 3.05) is 22.9 Å². The summed E-state index contributed by atoms with van der Waals surface area (Å²) < 4.78 is 7.38. The zero-order chi connectivity index (χ0) is 19.4. The standard InChI is InChI=1S/C20H20N8O/c1-13-18-19(22-12-23-20(18)29-25-13)26-8-4-16-14(11-26)9-15(10-21-16)27-6-2-7-28-17(27)3-5-24-28/h3,5,9-10,12H,2,4,6-8,11H2,1H3. The van der Waals surface area contributed by atoms with Crippen molar-refractivity contribution in [2.24, 2.45) is 0 Å². The third-order valence-electron chi connectivity index (χ3n) is 5.78. The fourth-order valence-electron chi connectivity index (χ4n) is 4.37. The van der Waals surface area contributed by atoms with Crippen LogP contribution in [0.15, 0.2) is 35.4 Å². The summed E-state index contributed by atoms with van der Waals surface area (Å²) in [4.78, 5) is 18.1. The van der Waals surface area contributed by atoms with Crippen LogP contribution in [0.3, 0.4) is 0 Å². The van der Waals surface area contributed by atoms with E-state index in [1.165, 1.54) is 5.56 Å². The molecule has 0 radical (unpaired) electrons. The van der Waals surface area contributed by atoms with Crippen LogP contribution in [0.2, 0.25) is 0 Å². The summed E-state index contributed by atoms with van der Waals surface area (Å²) in [6, 6.07) is 4.33. The number of hydrogen-bond acceptors (Lipinski definition) is 8. The number of anilines is 3. The summed E-state index contributed by atoms with van der Waals surface area (Å²) in [6.07, 6.45) is 7.35. The van der Waals surface area contributed by atoms with E-state index in [9.17, 15) is 0 Å². The van der Waals surface area contributed by atoms with Crippen LogP contribution < -0.4 is 9.80 Å². The lowest BCUT2D eigenvalue weighted by Crippen LogP contribution is -2.33. The first-order valence-electron chi connectivity index (χ1n) is 9.87. The van der Waals surface area contributed by atoms with Crippen molar-refractivity contribution in [1.82, 2.24) is 29.9 Å². The molecule has 4 aromatic heterocycles. The van der Waals surface area contributed by atoms with Gasteiger partial charge in [-0.25, -0.2) is 9.67 Å². The molecular weight excluding hydrogens is 368 g/mol. The Labute approximate surface area is 167 Å². The van der Waals surface area contributed by atoms with Crippen LogP contribution >= 0.6 is 0 Å². The van der Waals surface area contributed by atoms with E-state index in [0.717, 1.165) is 73.1 Å². The second-order valence-electron chi connectivity index (χ2n) is 7.53. The molecule has 0 saturated heterocycles. The molecule has 0 aromatic carbocycles. The van der Waals surface area contributed by atoms with Crippen molar-refractivity contribution >= 4 is 28.4 Å². The van der Waals surface area contributed by atoms with Gasteiger partial charge in [-0.1, -0.05) is 5.16 Å². The molecule has 4 aromatic rings. The van der Waals surface area contributed by atoms with Gasteiger partial charge in [-0.2, -0.15) is 10.1 Å². The van der Waals surface area contributed by atoms with Gasteiger partial charge >= 0.3 is 0 Å². The highest BCUT2D eigenvalue weighted by Crippen LogP contribution is 2.33. The van der Waals surface area contributed by atoms with E-state index < -0.39 is 0 Å². The summed E-state index contributed by atoms with van der Waals surface area (Å²) in [7, 11) is 0. The number of aromatic nitrogens is 6. The monoisotopic (exact) mass is 388 g/mol. The van der Waals surface area contributed by atoms with Gasteiger partial charge in [0, 0.05) is 44.4 Å². The fourth-order valence-corrected chi connectivity index (χ4v) is 4.37. The molecule has 2 aliphatic rings. The minimum absolute atomic E-state index is 0.534. The van der Waals surface area contributed by atoms with Crippen LogP contribution in [0, 0.1) is 6.92 Å². The molecule has 0 saturated carbocycles. The molecule has 6 rings (SSSR count). The third-order valence-corrected chi connectivity index (χ3v) is 5.78. The minimum Gasteiger partial charge on any atom is -0.351 e. The maximum atomic E-state index is 5.32. The molecule has 146 valence electrons. The first-order valence-corrected chi connectivity index (χ1v) is 9.87. The molecule has 0 amide bonds. The second-order valence-corrected chi connectivity index (χ2v) is 7.53. The van der Waals surface area contributed by atoms with Crippen molar-refractivity contribution in [1.29, 1.82) is 0 Å². The summed E-state index contributed by atoms with van der Waals surface area (Å²) in [6.45, 7) is 5.47. The normalized spacial score (nSPS) is 16.2. The van der Waals surface area contributed by atoms with Gasteiger partial charge in [-0.3, -0.25) is 4.98 Å². The number of aryl methyl sites for hydroxylation is 2. The van der Waals surface area contributed by atoms with E-state index >= 15 is 0 Å². The maximum Gasteiger partial charge on any atom is 0.263 e. The Morgan fingerprint density at radius 2 is 2.07 bits per heavy atom. The summed E-state index contributed by atoms with van der Waals surface area (Å²) in [5.41, 5.74) is 4.84. The van der Waals surface area contributed by atoms with E-state index in [4.69, 9.17) is 9.51 Å². The predicted molar refractivity (Wildman–Crippen MR) is 107 cm³/mol. The lowest BCUT2D eigenvalue weighted by Gasteiger charge is -2.32. The smallest absolute Gasteiger partial charge is 0.263 e. The molecule has 9 heteroatoms. The van der Waals surface area contributed by atoms with E-state index in [2.05, 4.69) is 46.8 Å². The van der Waals surface area contributed by atoms with E-state index in [0.29, 0.717) is 5.71 Å². The van der Waals surface area contributed by atoms with Crippen LogP contribution in [0.25, 0.3) is 11.1 Å². The molecule has 29 heavy (non-hydrogen) atoms. The first-order chi connectivity index (χ1) is 14.3. The molecule has 0 bridgehead atoms. The molecule has 0 spiro atoms. The Kier molecular flexibility index (Phi) is 3.56. The lowest BCUT2D eigenvalue weighted by molar-refractivity contribution is 0.442. The summed E-state index contributed by atoms with van der Waals surface area (Å²) in [5, 5.41) is 9.37.